The number of hydrogen-bond donors (Lipinski definition) is 1. The lowest BCUT2D eigenvalue weighted by Gasteiger charge is -2.06. The number of nitrogens with one attached hydrogen (secondary N) is 1. The zero-order chi connectivity index (χ0) is 17.0. The quantitative estimate of drug-likeness (QED) is 0.232. The average molecular weight is 344 g/mol. The number of ether oxygens (including phenoxy) is 1. The predicted octanol–water partition coefficient (Wildman–Crippen LogP) is 6.77. The highest BCUT2D eigenvalue weighted by Crippen LogP contribution is 2.13. The molecule has 0 fully saturated rings. The standard InChI is InChI=1S/C20H41NOS/c1-3-4-5-6-7-8-9-10-11-12-13-14-15-16-17-18-19-21-20(23)22-2/h3-19H2,1-2H3,(H,21,23). The molecule has 0 saturated carbocycles. The lowest BCUT2D eigenvalue weighted by molar-refractivity contribution is 0.391. The Morgan fingerprint density at radius 3 is 1.35 bits per heavy atom. The van der Waals surface area contributed by atoms with Crippen molar-refractivity contribution in [3.05, 3.63) is 0 Å². The van der Waals surface area contributed by atoms with Crippen LogP contribution in [0.15, 0.2) is 0 Å². The summed E-state index contributed by atoms with van der Waals surface area (Å²) in [5.41, 5.74) is 0. The predicted molar refractivity (Wildman–Crippen MR) is 107 cm³/mol. The molecule has 0 aromatic rings. The van der Waals surface area contributed by atoms with Gasteiger partial charge in [0.15, 0.2) is 0 Å². The number of unbranched alkanes of at least 4 members (excludes halogenated alkanes) is 15. The summed E-state index contributed by atoms with van der Waals surface area (Å²) < 4.78 is 4.90. The van der Waals surface area contributed by atoms with E-state index in [0.29, 0.717) is 5.17 Å². The van der Waals surface area contributed by atoms with Gasteiger partial charge in [-0.05, 0) is 18.6 Å². The molecule has 0 saturated heterocycles. The summed E-state index contributed by atoms with van der Waals surface area (Å²) >= 11 is 4.93. The van der Waals surface area contributed by atoms with E-state index >= 15 is 0 Å². The van der Waals surface area contributed by atoms with Gasteiger partial charge in [0.1, 0.15) is 0 Å². The first-order chi connectivity index (χ1) is 11.3. The summed E-state index contributed by atoms with van der Waals surface area (Å²) in [5.74, 6) is 0. The van der Waals surface area contributed by atoms with E-state index in [-0.39, 0.29) is 0 Å². The summed E-state index contributed by atoms with van der Waals surface area (Å²) in [6.45, 7) is 3.24. The maximum Gasteiger partial charge on any atom is 0.256 e. The van der Waals surface area contributed by atoms with Gasteiger partial charge in [-0.1, -0.05) is 103 Å². The van der Waals surface area contributed by atoms with Crippen LogP contribution in [0.25, 0.3) is 0 Å². The van der Waals surface area contributed by atoms with Crippen LogP contribution in [0.3, 0.4) is 0 Å². The number of thiocarbonyl (C=S) groups is 1. The summed E-state index contributed by atoms with van der Waals surface area (Å²) in [6.07, 6.45) is 22.5. The van der Waals surface area contributed by atoms with Crippen molar-refractivity contribution in [2.75, 3.05) is 13.7 Å². The second kappa shape index (κ2) is 19.7. The van der Waals surface area contributed by atoms with Crippen LogP contribution < -0.4 is 5.32 Å². The second-order valence-electron chi connectivity index (χ2n) is 6.72. The fourth-order valence-corrected chi connectivity index (χ4v) is 3.04. The number of hydrogen-bond acceptors (Lipinski definition) is 2. The van der Waals surface area contributed by atoms with Gasteiger partial charge in [0, 0.05) is 6.54 Å². The van der Waals surface area contributed by atoms with Gasteiger partial charge < -0.3 is 10.1 Å². The van der Waals surface area contributed by atoms with E-state index in [1.54, 1.807) is 7.11 Å². The van der Waals surface area contributed by atoms with Crippen LogP contribution >= 0.6 is 12.2 Å². The highest BCUT2D eigenvalue weighted by molar-refractivity contribution is 7.80. The topological polar surface area (TPSA) is 21.3 Å². The van der Waals surface area contributed by atoms with Crippen molar-refractivity contribution >= 4 is 17.4 Å². The molecule has 0 bridgehead atoms. The fraction of sp³-hybridized carbons (Fsp3) is 0.950. The summed E-state index contributed by atoms with van der Waals surface area (Å²) in [6, 6.07) is 0. The highest BCUT2D eigenvalue weighted by Gasteiger charge is 1.95. The second-order valence-corrected chi connectivity index (χ2v) is 7.09. The Balaban J connectivity index is 2.99. The van der Waals surface area contributed by atoms with Crippen LogP contribution in [0.4, 0.5) is 0 Å². The van der Waals surface area contributed by atoms with Crippen LogP contribution in [-0.2, 0) is 4.74 Å². The van der Waals surface area contributed by atoms with Crippen LogP contribution in [0.2, 0.25) is 0 Å². The van der Waals surface area contributed by atoms with Gasteiger partial charge in [0.25, 0.3) is 5.17 Å². The van der Waals surface area contributed by atoms with Crippen LogP contribution in [0.5, 0.6) is 0 Å². The molecule has 2 nitrogen and oxygen atoms in total. The maximum absolute atomic E-state index is 4.93. The van der Waals surface area contributed by atoms with Crippen molar-refractivity contribution in [3.8, 4) is 0 Å². The molecular formula is C20H41NOS. The van der Waals surface area contributed by atoms with Gasteiger partial charge in [-0.15, -0.1) is 0 Å². The first-order valence-corrected chi connectivity index (χ1v) is 10.5. The molecule has 0 aliphatic carbocycles. The van der Waals surface area contributed by atoms with E-state index in [1.165, 1.54) is 103 Å². The minimum atomic E-state index is 0.519. The van der Waals surface area contributed by atoms with Crippen LogP contribution in [-0.4, -0.2) is 18.8 Å². The van der Waals surface area contributed by atoms with Crippen LogP contribution in [0, 0.1) is 0 Å². The summed E-state index contributed by atoms with van der Waals surface area (Å²) in [5, 5.41) is 3.61. The van der Waals surface area contributed by atoms with Gasteiger partial charge in [0.2, 0.25) is 0 Å². The van der Waals surface area contributed by atoms with Crippen LogP contribution in [0.1, 0.15) is 110 Å². The zero-order valence-corrected chi connectivity index (χ0v) is 16.7. The third-order valence-electron chi connectivity index (χ3n) is 4.49. The van der Waals surface area contributed by atoms with E-state index in [2.05, 4.69) is 12.2 Å². The molecule has 0 spiro atoms. The molecule has 0 atom stereocenters. The Morgan fingerprint density at radius 1 is 0.652 bits per heavy atom. The fourth-order valence-electron chi connectivity index (χ4n) is 2.94. The summed E-state index contributed by atoms with van der Waals surface area (Å²) in [7, 11) is 1.61. The highest BCUT2D eigenvalue weighted by atomic mass is 32.1. The van der Waals surface area contributed by atoms with Crippen molar-refractivity contribution in [1.82, 2.24) is 5.32 Å². The Morgan fingerprint density at radius 2 is 1.00 bits per heavy atom. The SMILES string of the molecule is CCCCCCCCCCCCCCCCCCNC(=S)OC. The molecule has 0 rings (SSSR count). The van der Waals surface area contributed by atoms with E-state index in [9.17, 15) is 0 Å². The van der Waals surface area contributed by atoms with Crippen molar-refractivity contribution in [2.45, 2.75) is 110 Å². The Labute approximate surface area is 151 Å². The van der Waals surface area contributed by atoms with Gasteiger partial charge in [-0.25, -0.2) is 0 Å². The molecule has 0 radical (unpaired) electrons. The molecule has 0 aliphatic rings. The first-order valence-electron chi connectivity index (χ1n) is 10.1. The molecule has 0 aromatic carbocycles. The minimum Gasteiger partial charge on any atom is -0.474 e. The third kappa shape index (κ3) is 19.6. The molecular weight excluding hydrogens is 302 g/mol. The average Bonchev–Trinajstić information content (AvgIpc) is 2.57. The van der Waals surface area contributed by atoms with Gasteiger partial charge in [-0.3, -0.25) is 0 Å². The third-order valence-corrected chi connectivity index (χ3v) is 4.80. The normalized spacial score (nSPS) is 10.7. The van der Waals surface area contributed by atoms with E-state index < -0.39 is 0 Å². The van der Waals surface area contributed by atoms with Gasteiger partial charge >= 0.3 is 0 Å². The molecule has 0 amide bonds. The minimum absolute atomic E-state index is 0.519. The largest absolute Gasteiger partial charge is 0.474 e. The van der Waals surface area contributed by atoms with E-state index in [4.69, 9.17) is 17.0 Å². The molecule has 0 unspecified atom stereocenters. The van der Waals surface area contributed by atoms with Crippen molar-refractivity contribution < 1.29 is 4.74 Å². The van der Waals surface area contributed by atoms with Gasteiger partial charge in [0.05, 0.1) is 7.11 Å². The van der Waals surface area contributed by atoms with E-state index in [0.717, 1.165) is 6.54 Å². The van der Waals surface area contributed by atoms with E-state index in [1.807, 2.05) is 0 Å². The van der Waals surface area contributed by atoms with Gasteiger partial charge in [-0.2, -0.15) is 0 Å². The van der Waals surface area contributed by atoms with Crippen molar-refractivity contribution in [3.63, 3.8) is 0 Å². The smallest absolute Gasteiger partial charge is 0.256 e. The molecule has 23 heavy (non-hydrogen) atoms. The molecule has 1 N–H and O–H groups in total. The monoisotopic (exact) mass is 343 g/mol. The number of methoxy groups -OCH3 is 1. The molecule has 3 heteroatoms. The molecule has 138 valence electrons. The van der Waals surface area contributed by atoms with Crippen molar-refractivity contribution in [2.24, 2.45) is 0 Å². The lowest BCUT2D eigenvalue weighted by atomic mass is 10.0. The Hall–Kier alpha value is -0.310. The Bertz CT molecular complexity index is 246. The number of rotatable bonds is 17. The van der Waals surface area contributed by atoms with Crippen molar-refractivity contribution in [1.29, 1.82) is 0 Å². The molecule has 0 heterocycles. The Kier molecular flexibility index (Phi) is 19.5. The first kappa shape index (κ1) is 22.7. The summed E-state index contributed by atoms with van der Waals surface area (Å²) in [4.78, 5) is 0. The lowest BCUT2D eigenvalue weighted by Crippen LogP contribution is -2.23. The maximum atomic E-state index is 4.93. The zero-order valence-electron chi connectivity index (χ0n) is 15.8. The molecule has 0 aliphatic heterocycles. The molecule has 0 aromatic heterocycles.